The number of Topliss-reactive ketones (excluding diaryl/α,β-unsaturated/α-hetero) is 1. The zero-order valence-corrected chi connectivity index (χ0v) is 18.4. The number of hydrogen-bond donors (Lipinski definition) is 0. The normalized spacial score (nSPS) is 51.8. The molecular formula is C25H41NO2. The lowest BCUT2D eigenvalue weighted by Crippen LogP contribution is -2.56. The van der Waals surface area contributed by atoms with Crippen LogP contribution in [0.25, 0.3) is 0 Å². The van der Waals surface area contributed by atoms with Gasteiger partial charge in [0.15, 0.2) is 0 Å². The minimum Gasteiger partial charge on any atom is -0.379 e. The van der Waals surface area contributed by atoms with Crippen LogP contribution in [0.15, 0.2) is 0 Å². The Balaban J connectivity index is 1.33. The maximum Gasteiger partial charge on any atom is 0.133 e. The van der Waals surface area contributed by atoms with Gasteiger partial charge in [-0.1, -0.05) is 13.8 Å². The SMILES string of the molecule is CC(=O)[C@H]1CC[C@H]2[C@@H]3CC[C@@H]4C[C@@H](N5CCOCC5)CC[C@]4(C)[C@H]3CC[C@]12C. The fourth-order valence-corrected chi connectivity index (χ4v) is 9.18. The smallest absolute Gasteiger partial charge is 0.133 e. The van der Waals surface area contributed by atoms with Gasteiger partial charge in [-0.25, -0.2) is 0 Å². The van der Waals surface area contributed by atoms with Gasteiger partial charge in [0.25, 0.3) is 0 Å². The Hall–Kier alpha value is -0.410. The number of carbonyl (C=O) groups excluding carboxylic acids is 1. The summed E-state index contributed by atoms with van der Waals surface area (Å²) in [5.74, 6) is 4.36. The van der Waals surface area contributed by atoms with Crippen LogP contribution in [-0.2, 0) is 9.53 Å². The van der Waals surface area contributed by atoms with Crippen LogP contribution in [-0.4, -0.2) is 43.0 Å². The Morgan fingerprint density at radius 2 is 1.61 bits per heavy atom. The summed E-state index contributed by atoms with van der Waals surface area (Å²) in [5.41, 5.74) is 0.864. The average molecular weight is 388 g/mol. The fraction of sp³-hybridized carbons (Fsp3) is 0.960. The van der Waals surface area contributed by atoms with Crippen LogP contribution >= 0.6 is 0 Å². The molecule has 0 radical (unpaired) electrons. The molecule has 0 aromatic rings. The summed E-state index contributed by atoms with van der Waals surface area (Å²) >= 11 is 0. The standard InChI is InChI=1S/C25H41NO2/c1-17(27)21-6-7-22-20-5-4-18-16-19(26-12-14-28-15-13-26)8-10-24(18,2)23(20)9-11-25(21,22)3/h18-23H,4-16H2,1-3H3/t18-,19+,20+,21-,22+,23+,24+,25-/m1/s1. The van der Waals surface area contributed by atoms with Crippen molar-refractivity contribution in [3.05, 3.63) is 0 Å². The summed E-state index contributed by atoms with van der Waals surface area (Å²) in [6.07, 6.45) is 12.3. The van der Waals surface area contributed by atoms with Crippen molar-refractivity contribution < 1.29 is 9.53 Å². The topological polar surface area (TPSA) is 29.5 Å². The van der Waals surface area contributed by atoms with Crippen molar-refractivity contribution >= 4 is 5.78 Å². The van der Waals surface area contributed by atoms with Crippen LogP contribution in [0, 0.1) is 40.4 Å². The summed E-state index contributed by atoms with van der Waals surface area (Å²) < 4.78 is 5.60. The van der Waals surface area contributed by atoms with Crippen molar-refractivity contribution in [2.45, 2.75) is 84.6 Å². The van der Waals surface area contributed by atoms with Crippen molar-refractivity contribution in [1.29, 1.82) is 0 Å². The second-order valence-electron chi connectivity index (χ2n) is 11.5. The molecule has 3 nitrogen and oxygen atoms in total. The van der Waals surface area contributed by atoms with E-state index in [-0.39, 0.29) is 0 Å². The maximum atomic E-state index is 12.3. The molecule has 0 aromatic heterocycles. The van der Waals surface area contributed by atoms with E-state index in [9.17, 15) is 4.79 Å². The van der Waals surface area contributed by atoms with E-state index in [2.05, 4.69) is 18.7 Å². The molecule has 0 aromatic carbocycles. The molecule has 4 saturated carbocycles. The highest BCUT2D eigenvalue weighted by Crippen LogP contribution is 2.67. The third-order valence-corrected chi connectivity index (χ3v) is 10.7. The summed E-state index contributed by atoms with van der Waals surface area (Å²) in [7, 11) is 0. The highest BCUT2D eigenvalue weighted by molar-refractivity contribution is 5.79. The molecular weight excluding hydrogens is 346 g/mol. The molecule has 4 aliphatic carbocycles. The quantitative estimate of drug-likeness (QED) is 0.672. The fourth-order valence-electron chi connectivity index (χ4n) is 9.18. The highest BCUT2D eigenvalue weighted by Gasteiger charge is 2.60. The van der Waals surface area contributed by atoms with Gasteiger partial charge in [-0.3, -0.25) is 9.69 Å². The molecule has 0 unspecified atom stereocenters. The van der Waals surface area contributed by atoms with Crippen molar-refractivity contribution in [3.8, 4) is 0 Å². The molecule has 1 saturated heterocycles. The van der Waals surface area contributed by atoms with Crippen LogP contribution in [0.5, 0.6) is 0 Å². The predicted octanol–water partition coefficient (Wildman–Crippen LogP) is 4.94. The number of nitrogens with zero attached hydrogens (tertiary/aromatic N) is 1. The van der Waals surface area contributed by atoms with E-state index in [1.54, 1.807) is 0 Å². The lowest BCUT2D eigenvalue weighted by molar-refractivity contribution is -0.137. The number of rotatable bonds is 2. The van der Waals surface area contributed by atoms with Gasteiger partial charge in [0.2, 0.25) is 0 Å². The van der Waals surface area contributed by atoms with E-state index in [0.717, 1.165) is 56.0 Å². The Morgan fingerprint density at radius 3 is 2.36 bits per heavy atom. The predicted molar refractivity (Wildman–Crippen MR) is 112 cm³/mol. The highest BCUT2D eigenvalue weighted by atomic mass is 16.5. The van der Waals surface area contributed by atoms with E-state index in [1.165, 1.54) is 57.8 Å². The second kappa shape index (κ2) is 7.08. The molecule has 0 bridgehead atoms. The van der Waals surface area contributed by atoms with E-state index in [4.69, 9.17) is 4.74 Å². The number of carbonyl (C=O) groups is 1. The zero-order chi connectivity index (χ0) is 19.5. The first-order valence-electron chi connectivity index (χ1n) is 12.3. The number of ketones is 1. The Labute approximate surface area is 172 Å². The molecule has 0 spiro atoms. The van der Waals surface area contributed by atoms with Gasteiger partial charge < -0.3 is 4.74 Å². The van der Waals surface area contributed by atoms with E-state index < -0.39 is 0 Å². The van der Waals surface area contributed by atoms with Crippen molar-refractivity contribution in [2.24, 2.45) is 40.4 Å². The van der Waals surface area contributed by atoms with Gasteiger partial charge in [-0.05, 0) is 99.2 Å². The third-order valence-electron chi connectivity index (χ3n) is 10.7. The largest absolute Gasteiger partial charge is 0.379 e. The molecule has 1 aliphatic heterocycles. The van der Waals surface area contributed by atoms with Crippen LogP contribution in [0.4, 0.5) is 0 Å². The van der Waals surface area contributed by atoms with E-state index >= 15 is 0 Å². The molecule has 3 heteroatoms. The van der Waals surface area contributed by atoms with E-state index in [0.29, 0.717) is 22.5 Å². The monoisotopic (exact) mass is 387 g/mol. The molecule has 28 heavy (non-hydrogen) atoms. The van der Waals surface area contributed by atoms with Gasteiger partial charge in [0, 0.05) is 25.0 Å². The Bertz CT molecular complexity index is 614. The summed E-state index contributed by atoms with van der Waals surface area (Å²) in [6.45, 7) is 11.2. The third kappa shape index (κ3) is 2.86. The van der Waals surface area contributed by atoms with Gasteiger partial charge in [0.05, 0.1) is 13.2 Å². The maximum absolute atomic E-state index is 12.3. The Kier molecular flexibility index (Phi) is 4.94. The van der Waals surface area contributed by atoms with Crippen molar-refractivity contribution in [2.75, 3.05) is 26.3 Å². The lowest BCUT2D eigenvalue weighted by atomic mass is 9.44. The van der Waals surface area contributed by atoms with Gasteiger partial charge >= 0.3 is 0 Å². The molecule has 158 valence electrons. The van der Waals surface area contributed by atoms with Crippen LogP contribution in [0.2, 0.25) is 0 Å². The van der Waals surface area contributed by atoms with Crippen molar-refractivity contribution in [3.63, 3.8) is 0 Å². The molecule has 8 atom stereocenters. The van der Waals surface area contributed by atoms with Crippen LogP contribution in [0.1, 0.15) is 78.6 Å². The molecule has 0 amide bonds. The average Bonchev–Trinajstić information content (AvgIpc) is 3.05. The first kappa shape index (κ1) is 19.5. The minimum absolute atomic E-state index is 0.307. The van der Waals surface area contributed by atoms with Gasteiger partial charge in [0.1, 0.15) is 5.78 Å². The van der Waals surface area contributed by atoms with Crippen LogP contribution < -0.4 is 0 Å². The number of fused-ring (bicyclic) bond motifs is 5. The van der Waals surface area contributed by atoms with Crippen LogP contribution in [0.3, 0.4) is 0 Å². The number of morpholine rings is 1. The summed E-state index contributed by atoms with van der Waals surface area (Å²) in [6, 6.07) is 0.806. The second-order valence-corrected chi connectivity index (χ2v) is 11.5. The summed E-state index contributed by atoms with van der Waals surface area (Å²) in [4.78, 5) is 15.1. The first-order valence-corrected chi connectivity index (χ1v) is 12.3. The lowest BCUT2D eigenvalue weighted by Gasteiger charge is -2.61. The van der Waals surface area contributed by atoms with Gasteiger partial charge in [-0.15, -0.1) is 0 Å². The molecule has 0 N–H and O–H groups in total. The molecule has 5 fully saturated rings. The number of ether oxygens (including phenoxy) is 1. The summed E-state index contributed by atoms with van der Waals surface area (Å²) in [5, 5.41) is 0. The molecule has 1 heterocycles. The molecule has 5 aliphatic rings. The Morgan fingerprint density at radius 1 is 0.893 bits per heavy atom. The number of hydrogen-bond acceptors (Lipinski definition) is 3. The van der Waals surface area contributed by atoms with Crippen molar-refractivity contribution in [1.82, 2.24) is 4.90 Å². The van der Waals surface area contributed by atoms with Gasteiger partial charge in [-0.2, -0.15) is 0 Å². The molecule has 5 rings (SSSR count). The zero-order valence-electron chi connectivity index (χ0n) is 18.4. The van der Waals surface area contributed by atoms with E-state index in [1.807, 2.05) is 6.92 Å². The minimum atomic E-state index is 0.307. The first-order chi connectivity index (χ1) is 13.4.